The van der Waals surface area contributed by atoms with Crippen molar-refractivity contribution >= 4 is 5.97 Å². The normalized spacial score (nSPS) is 28.3. The Morgan fingerprint density at radius 2 is 1.73 bits per heavy atom. The second-order valence-corrected chi connectivity index (χ2v) is 9.78. The molecule has 3 heterocycles. The van der Waals surface area contributed by atoms with E-state index in [0.717, 1.165) is 22.3 Å². The van der Waals surface area contributed by atoms with Crippen LogP contribution in [0.15, 0.2) is 54.6 Å². The molecule has 0 aromatic heterocycles. The molecule has 6 rings (SSSR count). The lowest BCUT2D eigenvalue weighted by Crippen LogP contribution is -2.61. The molecule has 11 nitrogen and oxygen atoms in total. The minimum atomic E-state index is -1.83. The van der Waals surface area contributed by atoms with Crippen LogP contribution in [0.2, 0.25) is 0 Å². The van der Waals surface area contributed by atoms with Gasteiger partial charge in [-0.05, 0) is 23.3 Å². The fourth-order valence-electron chi connectivity index (χ4n) is 5.54. The average molecular weight is 553 g/mol. The van der Waals surface area contributed by atoms with Crippen LogP contribution in [0.1, 0.15) is 23.1 Å². The smallest absolute Gasteiger partial charge is 0.335 e. The molecule has 0 amide bonds. The monoisotopic (exact) mass is 552 g/mol. The number of hydrogen-bond donors (Lipinski definition) is 4. The van der Waals surface area contributed by atoms with E-state index in [9.17, 15) is 25.2 Å². The van der Waals surface area contributed by atoms with Crippen LogP contribution in [-0.4, -0.2) is 77.9 Å². The van der Waals surface area contributed by atoms with Crippen LogP contribution >= 0.6 is 0 Å². The van der Waals surface area contributed by atoms with Gasteiger partial charge in [0.2, 0.25) is 12.0 Å². The number of hydrogen-bond acceptors (Lipinski definition) is 10. The molecule has 1 fully saturated rings. The molecule has 0 unspecified atom stereocenters. The van der Waals surface area contributed by atoms with Crippen LogP contribution in [0.4, 0.5) is 0 Å². The first-order chi connectivity index (χ1) is 19.3. The summed E-state index contributed by atoms with van der Waals surface area (Å²) in [5, 5.41) is 40.1. The minimum Gasteiger partial charge on any atom is -0.493 e. The molecule has 3 aromatic carbocycles. The summed E-state index contributed by atoms with van der Waals surface area (Å²) >= 11 is 0. The van der Waals surface area contributed by atoms with Gasteiger partial charge in [-0.25, -0.2) is 4.79 Å². The summed E-state index contributed by atoms with van der Waals surface area (Å²) in [5.74, 6) is 0.661. The zero-order valence-corrected chi connectivity index (χ0v) is 21.6. The first-order valence-corrected chi connectivity index (χ1v) is 12.7. The van der Waals surface area contributed by atoms with Crippen LogP contribution in [0.25, 0.3) is 11.1 Å². The molecule has 0 aliphatic carbocycles. The van der Waals surface area contributed by atoms with Crippen molar-refractivity contribution in [1.29, 1.82) is 0 Å². The highest BCUT2D eigenvalue weighted by molar-refractivity contribution is 5.75. The Hall–Kier alpha value is -4.03. The SMILES string of the molecule is COc1ccc2c(c1OC)O[C@H]1c3c(cc(O[C@@H]4O[C@H](C(=O)O)[C@@H](O)[C@H](O)[C@H]4O)cc3-c3ccccc3)OC[C@@H]21. The Bertz CT molecular complexity index is 1430. The van der Waals surface area contributed by atoms with Crippen molar-refractivity contribution in [3.63, 3.8) is 0 Å². The number of carboxylic acids is 1. The third-order valence-corrected chi connectivity index (χ3v) is 7.51. The van der Waals surface area contributed by atoms with Crippen LogP contribution in [0.3, 0.4) is 0 Å². The first kappa shape index (κ1) is 26.2. The maximum Gasteiger partial charge on any atom is 0.335 e. The number of carbonyl (C=O) groups is 1. The Balaban J connectivity index is 1.41. The van der Waals surface area contributed by atoms with E-state index < -0.39 is 42.8 Å². The molecule has 3 aromatic rings. The fourth-order valence-corrected chi connectivity index (χ4v) is 5.54. The molecule has 7 atom stereocenters. The summed E-state index contributed by atoms with van der Waals surface area (Å²) in [7, 11) is 3.12. The Labute approximate surface area is 229 Å². The molecular weight excluding hydrogens is 524 g/mol. The number of benzene rings is 3. The van der Waals surface area contributed by atoms with Crippen molar-refractivity contribution in [3.8, 4) is 39.9 Å². The number of carboxylic acid groups (broad SMARTS) is 1. The highest BCUT2D eigenvalue weighted by Gasteiger charge is 2.49. The maximum atomic E-state index is 11.5. The third-order valence-electron chi connectivity index (χ3n) is 7.51. The predicted molar refractivity (Wildman–Crippen MR) is 138 cm³/mol. The number of aliphatic hydroxyl groups is 3. The van der Waals surface area contributed by atoms with E-state index in [1.165, 1.54) is 0 Å². The highest BCUT2D eigenvalue weighted by Crippen LogP contribution is 2.58. The average Bonchev–Trinajstić information content (AvgIpc) is 3.35. The van der Waals surface area contributed by atoms with Crippen molar-refractivity contribution in [2.24, 2.45) is 0 Å². The third kappa shape index (κ3) is 4.18. The second-order valence-electron chi connectivity index (χ2n) is 9.78. The van der Waals surface area contributed by atoms with E-state index in [4.69, 9.17) is 28.4 Å². The lowest BCUT2D eigenvalue weighted by Gasteiger charge is -2.38. The number of aliphatic hydroxyl groups excluding tert-OH is 3. The van der Waals surface area contributed by atoms with E-state index in [-0.39, 0.29) is 11.7 Å². The molecule has 0 spiro atoms. The number of methoxy groups -OCH3 is 2. The molecule has 3 aliphatic rings. The highest BCUT2D eigenvalue weighted by atomic mass is 16.7. The summed E-state index contributed by atoms with van der Waals surface area (Å²) in [6.45, 7) is 0.298. The van der Waals surface area contributed by atoms with E-state index >= 15 is 0 Å². The number of aliphatic carboxylic acids is 1. The molecule has 0 radical (unpaired) electrons. The standard InChI is InChI=1S/C29H28O11/c1-35-18-9-8-15-17-12-37-19-11-14(38-29-23(32)21(30)22(31)27(40-29)28(33)34)10-16(13-6-4-3-5-7-13)20(19)24(17)39-25(15)26(18)36-2/h3-11,17,21-24,27,29-32H,12H2,1-2H3,(H,33,34)/t17-,21-,22-,23+,24+,27-,29+/m0/s1. The zero-order chi connectivity index (χ0) is 28.1. The van der Waals surface area contributed by atoms with E-state index in [0.29, 0.717) is 29.6 Å². The van der Waals surface area contributed by atoms with Crippen molar-refractivity contribution < 1.29 is 53.6 Å². The quantitative estimate of drug-likeness (QED) is 0.356. The Morgan fingerprint density at radius 1 is 0.950 bits per heavy atom. The summed E-state index contributed by atoms with van der Waals surface area (Å²) in [4.78, 5) is 11.5. The summed E-state index contributed by atoms with van der Waals surface area (Å²) in [6, 6.07) is 16.6. The molecule has 11 heteroatoms. The van der Waals surface area contributed by atoms with Crippen molar-refractivity contribution in [3.05, 3.63) is 65.7 Å². The van der Waals surface area contributed by atoms with Gasteiger partial charge in [0.25, 0.3) is 0 Å². The molecule has 4 N–H and O–H groups in total. The molecule has 40 heavy (non-hydrogen) atoms. The van der Waals surface area contributed by atoms with Gasteiger partial charge in [-0.1, -0.05) is 36.4 Å². The van der Waals surface area contributed by atoms with Crippen LogP contribution in [0.5, 0.6) is 28.7 Å². The van der Waals surface area contributed by atoms with Crippen LogP contribution in [-0.2, 0) is 9.53 Å². The predicted octanol–water partition coefficient (Wildman–Crippen LogP) is 2.25. The van der Waals surface area contributed by atoms with Gasteiger partial charge in [-0.2, -0.15) is 0 Å². The van der Waals surface area contributed by atoms with Gasteiger partial charge >= 0.3 is 5.97 Å². The lowest BCUT2D eigenvalue weighted by atomic mass is 9.85. The summed E-state index contributed by atoms with van der Waals surface area (Å²) < 4.78 is 35.0. The Kier molecular flexibility index (Phi) is 6.67. The lowest BCUT2D eigenvalue weighted by molar-refractivity contribution is -0.271. The number of rotatable bonds is 6. The Morgan fingerprint density at radius 3 is 2.42 bits per heavy atom. The molecular formula is C29H28O11. The van der Waals surface area contributed by atoms with Gasteiger partial charge in [-0.15, -0.1) is 0 Å². The van der Waals surface area contributed by atoms with Gasteiger partial charge in [0.05, 0.1) is 26.7 Å². The van der Waals surface area contributed by atoms with E-state index in [1.807, 2.05) is 42.5 Å². The van der Waals surface area contributed by atoms with Crippen molar-refractivity contribution in [2.75, 3.05) is 20.8 Å². The first-order valence-electron chi connectivity index (χ1n) is 12.7. The van der Waals surface area contributed by atoms with Gasteiger partial charge in [0.1, 0.15) is 35.9 Å². The van der Waals surface area contributed by atoms with Gasteiger partial charge in [0, 0.05) is 17.2 Å². The topological polar surface area (TPSA) is 153 Å². The van der Waals surface area contributed by atoms with Crippen molar-refractivity contribution in [1.82, 2.24) is 0 Å². The van der Waals surface area contributed by atoms with Crippen LogP contribution < -0.4 is 23.7 Å². The van der Waals surface area contributed by atoms with Crippen LogP contribution in [0, 0.1) is 0 Å². The maximum absolute atomic E-state index is 11.5. The molecule has 0 saturated carbocycles. The van der Waals surface area contributed by atoms with Gasteiger partial charge in [0.15, 0.2) is 17.6 Å². The van der Waals surface area contributed by atoms with Gasteiger partial charge < -0.3 is 48.8 Å². The summed E-state index contributed by atoms with van der Waals surface area (Å²) in [6.07, 6.45) is -9.10. The van der Waals surface area contributed by atoms with E-state index in [1.54, 1.807) is 26.4 Å². The summed E-state index contributed by atoms with van der Waals surface area (Å²) in [5.41, 5.74) is 3.26. The molecule has 0 bridgehead atoms. The molecule has 3 aliphatic heterocycles. The van der Waals surface area contributed by atoms with Gasteiger partial charge in [-0.3, -0.25) is 0 Å². The number of ether oxygens (including phenoxy) is 6. The molecule has 210 valence electrons. The number of fused-ring (bicyclic) bond motifs is 5. The van der Waals surface area contributed by atoms with E-state index in [2.05, 4.69) is 0 Å². The van der Waals surface area contributed by atoms with Crippen molar-refractivity contribution in [2.45, 2.75) is 42.7 Å². The minimum absolute atomic E-state index is 0.131. The molecule has 1 saturated heterocycles. The second kappa shape index (κ2) is 10.2. The largest absolute Gasteiger partial charge is 0.493 e. The fraction of sp³-hybridized carbons (Fsp3) is 0.345. The zero-order valence-electron chi connectivity index (χ0n) is 21.6.